The number of hydrogen-bond donors (Lipinski definition) is 1. The number of primary amides is 1. The van der Waals surface area contributed by atoms with Gasteiger partial charge in [-0.15, -0.1) is 0 Å². The lowest BCUT2D eigenvalue weighted by Gasteiger charge is -1.94. The lowest BCUT2D eigenvalue weighted by molar-refractivity contribution is -0.114. The van der Waals surface area contributed by atoms with Gasteiger partial charge in [0, 0.05) is 5.39 Å². The van der Waals surface area contributed by atoms with E-state index in [2.05, 4.69) is 4.98 Å². The van der Waals surface area contributed by atoms with Crippen molar-refractivity contribution >= 4 is 22.7 Å². The summed E-state index contributed by atoms with van der Waals surface area (Å²) in [6, 6.07) is 3.14. The van der Waals surface area contributed by atoms with Crippen LogP contribution in [0.1, 0.15) is 10.5 Å². The van der Waals surface area contributed by atoms with Crippen molar-refractivity contribution in [3.05, 3.63) is 30.3 Å². The predicted molar refractivity (Wildman–Crippen MR) is 47.5 cm³/mol. The second kappa shape index (κ2) is 2.95. The highest BCUT2D eigenvalue weighted by molar-refractivity contribution is 6.41. The molecule has 5 heteroatoms. The van der Waals surface area contributed by atoms with Crippen LogP contribution in [-0.2, 0) is 4.79 Å². The van der Waals surface area contributed by atoms with Gasteiger partial charge in [-0.25, -0.2) is 4.98 Å². The van der Waals surface area contributed by atoms with Crippen LogP contribution < -0.4 is 5.73 Å². The molecule has 2 N–H and O–H groups in total. The summed E-state index contributed by atoms with van der Waals surface area (Å²) < 4.78 is 5.02. The molecule has 0 radical (unpaired) electrons. The van der Waals surface area contributed by atoms with Gasteiger partial charge in [0.1, 0.15) is 5.69 Å². The van der Waals surface area contributed by atoms with Gasteiger partial charge in [0.25, 0.3) is 11.7 Å². The molecular formula is C9H6N2O3. The number of ketones is 1. The van der Waals surface area contributed by atoms with Crippen LogP contribution in [-0.4, -0.2) is 16.7 Å². The van der Waals surface area contributed by atoms with Gasteiger partial charge < -0.3 is 10.2 Å². The van der Waals surface area contributed by atoms with Crippen molar-refractivity contribution in [3.63, 3.8) is 0 Å². The number of amides is 1. The molecule has 2 rings (SSSR count). The molecule has 2 aromatic rings. The van der Waals surface area contributed by atoms with Crippen LogP contribution in [0.5, 0.6) is 0 Å². The number of pyridine rings is 1. The monoisotopic (exact) mass is 190 g/mol. The average Bonchev–Trinajstić information content (AvgIpc) is 2.62. The third-order valence-corrected chi connectivity index (χ3v) is 1.80. The zero-order valence-electron chi connectivity index (χ0n) is 7.06. The molecule has 0 unspecified atom stereocenters. The molecule has 0 saturated heterocycles. The summed E-state index contributed by atoms with van der Waals surface area (Å²) in [6.07, 6.45) is 2.86. The summed E-state index contributed by atoms with van der Waals surface area (Å²) >= 11 is 0. The SMILES string of the molecule is NC(=O)C(=O)c1cc2ccoc2cn1. The molecule has 0 fully saturated rings. The van der Waals surface area contributed by atoms with Crippen molar-refractivity contribution in [2.24, 2.45) is 5.73 Å². The topological polar surface area (TPSA) is 86.2 Å². The minimum Gasteiger partial charge on any atom is -0.463 e. The quantitative estimate of drug-likeness (QED) is 0.551. The van der Waals surface area contributed by atoms with Crippen molar-refractivity contribution in [2.75, 3.05) is 0 Å². The van der Waals surface area contributed by atoms with Gasteiger partial charge in [-0.3, -0.25) is 9.59 Å². The summed E-state index contributed by atoms with van der Waals surface area (Å²) in [5.74, 6) is -1.81. The Bertz CT molecular complexity index is 516. The van der Waals surface area contributed by atoms with E-state index in [9.17, 15) is 9.59 Å². The Morgan fingerprint density at radius 2 is 2.21 bits per heavy atom. The van der Waals surface area contributed by atoms with E-state index < -0.39 is 11.7 Å². The van der Waals surface area contributed by atoms with E-state index in [0.29, 0.717) is 11.0 Å². The summed E-state index contributed by atoms with van der Waals surface area (Å²) in [5, 5.41) is 0.713. The molecule has 0 bridgehead atoms. The highest BCUT2D eigenvalue weighted by Crippen LogP contribution is 2.14. The molecule has 0 aliphatic heterocycles. The lowest BCUT2D eigenvalue weighted by atomic mass is 10.2. The first-order valence-corrected chi connectivity index (χ1v) is 3.86. The Labute approximate surface area is 78.5 Å². The summed E-state index contributed by atoms with van der Waals surface area (Å²) in [7, 11) is 0. The Morgan fingerprint density at radius 3 is 2.93 bits per heavy atom. The van der Waals surface area contributed by atoms with E-state index in [1.807, 2.05) is 0 Å². The molecule has 0 aromatic carbocycles. The van der Waals surface area contributed by atoms with Crippen LogP contribution in [0.3, 0.4) is 0 Å². The molecule has 70 valence electrons. The van der Waals surface area contributed by atoms with E-state index in [0.717, 1.165) is 0 Å². The van der Waals surface area contributed by atoms with Crippen LogP contribution in [0.4, 0.5) is 0 Å². The molecule has 0 aliphatic carbocycles. The van der Waals surface area contributed by atoms with Gasteiger partial charge in [0.05, 0.1) is 12.5 Å². The number of rotatable bonds is 2. The number of nitrogens with two attached hydrogens (primary N) is 1. The fourth-order valence-corrected chi connectivity index (χ4v) is 1.12. The van der Waals surface area contributed by atoms with E-state index in [1.165, 1.54) is 18.5 Å². The second-order valence-corrected chi connectivity index (χ2v) is 2.72. The molecule has 2 heterocycles. The molecule has 0 atom stereocenters. The van der Waals surface area contributed by atoms with Crippen molar-refractivity contribution < 1.29 is 14.0 Å². The van der Waals surface area contributed by atoms with E-state index in [4.69, 9.17) is 10.2 Å². The van der Waals surface area contributed by atoms with Gasteiger partial charge in [-0.2, -0.15) is 0 Å². The molecule has 0 spiro atoms. The minimum absolute atomic E-state index is 0.0337. The second-order valence-electron chi connectivity index (χ2n) is 2.72. The Hall–Kier alpha value is -2.17. The van der Waals surface area contributed by atoms with Crippen LogP contribution in [0.2, 0.25) is 0 Å². The minimum atomic E-state index is -1.01. The zero-order chi connectivity index (χ0) is 10.1. The third kappa shape index (κ3) is 1.24. The first-order chi connectivity index (χ1) is 6.68. The third-order valence-electron chi connectivity index (χ3n) is 1.80. The van der Waals surface area contributed by atoms with Crippen molar-refractivity contribution in [2.45, 2.75) is 0 Å². The molecule has 2 aromatic heterocycles. The van der Waals surface area contributed by atoms with Crippen LogP contribution in [0.25, 0.3) is 11.0 Å². The fraction of sp³-hybridized carbons (Fsp3) is 0. The van der Waals surface area contributed by atoms with Crippen LogP contribution in [0.15, 0.2) is 29.0 Å². The summed E-state index contributed by atoms with van der Waals surface area (Å²) in [6.45, 7) is 0. The van der Waals surface area contributed by atoms with E-state index >= 15 is 0 Å². The standard InChI is InChI=1S/C9H6N2O3/c10-9(13)8(12)6-3-5-1-2-14-7(5)4-11-6/h1-4H,(H2,10,13). The fourth-order valence-electron chi connectivity index (χ4n) is 1.12. The molecule has 1 amide bonds. The van der Waals surface area contributed by atoms with Gasteiger partial charge in [0.15, 0.2) is 5.58 Å². The number of carbonyl (C=O) groups is 2. The maximum absolute atomic E-state index is 11.1. The number of hydrogen-bond acceptors (Lipinski definition) is 4. The molecule has 0 aliphatic rings. The van der Waals surface area contributed by atoms with Crippen LogP contribution >= 0.6 is 0 Å². The van der Waals surface area contributed by atoms with Gasteiger partial charge >= 0.3 is 0 Å². The maximum Gasteiger partial charge on any atom is 0.291 e. The first-order valence-electron chi connectivity index (χ1n) is 3.86. The van der Waals surface area contributed by atoms with E-state index in [1.54, 1.807) is 6.07 Å². The number of aromatic nitrogens is 1. The number of carbonyl (C=O) groups excluding carboxylic acids is 2. The molecule has 0 saturated carbocycles. The molecule has 5 nitrogen and oxygen atoms in total. The molecule has 14 heavy (non-hydrogen) atoms. The zero-order valence-corrected chi connectivity index (χ0v) is 7.06. The van der Waals surface area contributed by atoms with Gasteiger partial charge in [-0.05, 0) is 12.1 Å². The Balaban J connectivity index is 2.54. The summed E-state index contributed by atoms with van der Waals surface area (Å²) in [4.78, 5) is 25.5. The highest BCUT2D eigenvalue weighted by Gasteiger charge is 2.14. The largest absolute Gasteiger partial charge is 0.463 e. The maximum atomic E-state index is 11.1. The van der Waals surface area contributed by atoms with Gasteiger partial charge in [-0.1, -0.05) is 0 Å². The number of fused-ring (bicyclic) bond motifs is 1. The average molecular weight is 190 g/mol. The highest BCUT2D eigenvalue weighted by atomic mass is 16.3. The first kappa shape index (κ1) is 8.43. The van der Waals surface area contributed by atoms with Crippen molar-refractivity contribution in [1.29, 1.82) is 0 Å². The summed E-state index contributed by atoms with van der Waals surface area (Å²) in [5.41, 5.74) is 5.43. The Morgan fingerprint density at radius 1 is 1.43 bits per heavy atom. The van der Waals surface area contributed by atoms with E-state index in [-0.39, 0.29) is 5.69 Å². The predicted octanol–water partition coefficient (Wildman–Crippen LogP) is 0.496. The van der Waals surface area contributed by atoms with Crippen LogP contribution in [0, 0.1) is 0 Å². The number of furan rings is 1. The number of nitrogens with zero attached hydrogens (tertiary/aromatic N) is 1. The van der Waals surface area contributed by atoms with Crippen molar-refractivity contribution in [3.8, 4) is 0 Å². The molecular weight excluding hydrogens is 184 g/mol. The van der Waals surface area contributed by atoms with Gasteiger partial charge in [0.2, 0.25) is 0 Å². The van der Waals surface area contributed by atoms with Crippen molar-refractivity contribution in [1.82, 2.24) is 4.98 Å². The lowest BCUT2D eigenvalue weighted by Crippen LogP contribution is -2.23. The number of Topliss-reactive ketones (excluding diaryl/α,β-unsaturated/α-hetero) is 1. The Kier molecular flexibility index (Phi) is 1.78. The smallest absolute Gasteiger partial charge is 0.291 e. The normalized spacial score (nSPS) is 10.3.